The molecule has 30 heavy (non-hydrogen) atoms. The highest BCUT2D eigenvalue weighted by molar-refractivity contribution is 5.76. The molecule has 0 bridgehead atoms. The maximum atomic E-state index is 12.8. The highest BCUT2D eigenvalue weighted by atomic mass is 19.1. The van der Waals surface area contributed by atoms with Gasteiger partial charge >= 0.3 is 0 Å². The molecule has 3 aromatic heterocycles. The van der Waals surface area contributed by atoms with Crippen LogP contribution >= 0.6 is 0 Å². The second-order valence-electron chi connectivity index (χ2n) is 6.51. The summed E-state index contributed by atoms with van der Waals surface area (Å²) in [6.45, 7) is -0.490. The van der Waals surface area contributed by atoms with Crippen molar-refractivity contribution in [2.24, 2.45) is 7.05 Å². The molecule has 0 aliphatic rings. The molecule has 3 heterocycles. The molecule has 0 saturated heterocycles. The molecule has 1 aromatic carbocycles. The molecular formula is C21H19FN6O2. The van der Waals surface area contributed by atoms with Crippen LogP contribution in [-0.2, 0) is 13.6 Å². The monoisotopic (exact) mass is 406 g/mol. The first kappa shape index (κ1) is 19.3. The number of aryl methyl sites for hydroxylation is 1. The topological polar surface area (TPSA) is 86.9 Å². The summed E-state index contributed by atoms with van der Waals surface area (Å²) in [6, 6.07) is 8.17. The lowest BCUT2D eigenvalue weighted by atomic mass is 10.1. The number of aromatic nitrogens is 5. The second kappa shape index (κ2) is 8.56. The molecule has 152 valence electrons. The molecule has 0 aliphatic carbocycles. The van der Waals surface area contributed by atoms with Gasteiger partial charge in [-0.05, 0) is 24.3 Å². The van der Waals surface area contributed by atoms with Crippen molar-refractivity contribution in [1.82, 2.24) is 24.3 Å². The number of pyridine rings is 1. The van der Waals surface area contributed by atoms with E-state index in [9.17, 15) is 9.18 Å². The van der Waals surface area contributed by atoms with E-state index in [0.717, 1.165) is 16.8 Å². The van der Waals surface area contributed by atoms with Crippen LogP contribution in [0.15, 0.2) is 72.3 Å². The average Bonchev–Trinajstić information content (AvgIpc) is 3.20. The van der Waals surface area contributed by atoms with Gasteiger partial charge in [0.25, 0.3) is 5.56 Å². The first-order valence-electron chi connectivity index (χ1n) is 9.18. The standard InChI is InChI=1S/C21H19FN6O2/c1-27-12-15(9-26-27)19-13-28(17-2-4-18(5-3-17)30-14-22)21(29)8-20(19)25-11-16-10-23-6-7-24-16/h2-10,12-13,25H,11,14H2,1H3. The molecule has 0 amide bonds. The van der Waals surface area contributed by atoms with E-state index in [-0.39, 0.29) is 5.56 Å². The second-order valence-corrected chi connectivity index (χ2v) is 6.51. The summed E-state index contributed by atoms with van der Waals surface area (Å²) >= 11 is 0. The van der Waals surface area contributed by atoms with Crippen molar-refractivity contribution in [2.75, 3.05) is 12.2 Å². The van der Waals surface area contributed by atoms with Crippen molar-refractivity contribution in [2.45, 2.75) is 6.54 Å². The van der Waals surface area contributed by atoms with Gasteiger partial charge in [-0.1, -0.05) is 0 Å². The first-order chi connectivity index (χ1) is 14.6. The minimum Gasteiger partial charge on any atom is -0.463 e. The van der Waals surface area contributed by atoms with E-state index in [4.69, 9.17) is 4.74 Å². The van der Waals surface area contributed by atoms with Crippen LogP contribution in [0.2, 0.25) is 0 Å². The van der Waals surface area contributed by atoms with Crippen LogP contribution in [0.5, 0.6) is 5.75 Å². The fourth-order valence-corrected chi connectivity index (χ4v) is 3.04. The third-order valence-corrected chi connectivity index (χ3v) is 4.48. The molecular weight excluding hydrogens is 387 g/mol. The zero-order valence-corrected chi connectivity index (χ0v) is 16.2. The average molecular weight is 406 g/mol. The molecule has 0 fully saturated rings. The van der Waals surface area contributed by atoms with Gasteiger partial charge in [-0.15, -0.1) is 0 Å². The Labute approximate surface area is 171 Å². The third-order valence-electron chi connectivity index (χ3n) is 4.48. The Bertz CT molecular complexity index is 1190. The number of anilines is 1. The smallest absolute Gasteiger partial charge is 0.257 e. The normalized spacial score (nSPS) is 10.7. The van der Waals surface area contributed by atoms with Crippen LogP contribution < -0.4 is 15.6 Å². The van der Waals surface area contributed by atoms with Crippen molar-refractivity contribution in [3.8, 4) is 22.6 Å². The van der Waals surface area contributed by atoms with E-state index in [0.29, 0.717) is 23.7 Å². The largest absolute Gasteiger partial charge is 0.463 e. The molecule has 4 rings (SSSR count). The van der Waals surface area contributed by atoms with Crippen molar-refractivity contribution in [3.05, 3.63) is 83.6 Å². The van der Waals surface area contributed by atoms with Crippen molar-refractivity contribution in [3.63, 3.8) is 0 Å². The number of rotatable bonds is 7. The first-order valence-corrected chi connectivity index (χ1v) is 9.18. The Morgan fingerprint density at radius 1 is 1.13 bits per heavy atom. The minimum absolute atomic E-state index is 0.219. The number of nitrogens with one attached hydrogen (secondary N) is 1. The van der Waals surface area contributed by atoms with Gasteiger partial charge in [0.15, 0.2) is 0 Å². The maximum Gasteiger partial charge on any atom is 0.257 e. The molecule has 0 aliphatic heterocycles. The van der Waals surface area contributed by atoms with E-state index >= 15 is 0 Å². The quantitative estimate of drug-likeness (QED) is 0.508. The van der Waals surface area contributed by atoms with E-state index in [1.165, 1.54) is 10.6 Å². The van der Waals surface area contributed by atoms with E-state index in [1.54, 1.807) is 59.9 Å². The molecule has 9 heteroatoms. The maximum absolute atomic E-state index is 12.8. The van der Waals surface area contributed by atoms with Crippen LogP contribution in [-0.4, -0.2) is 31.2 Å². The van der Waals surface area contributed by atoms with Crippen LogP contribution in [0.1, 0.15) is 5.69 Å². The lowest BCUT2D eigenvalue weighted by Crippen LogP contribution is -2.18. The van der Waals surface area contributed by atoms with Gasteiger partial charge in [0.2, 0.25) is 6.86 Å². The molecule has 0 radical (unpaired) electrons. The Morgan fingerprint density at radius 2 is 1.97 bits per heavy atom. The molecule has 8 nitrogen and oxygen atoms in total. The van der Waals surface area contributed by atoms with Crippen LogP contribution in [0.25, 0.3) is 16.8 Å². The highest BCUT2D eigenvalue weighted by Gasteiger charge is 2.12. The van der Waals surface area contributed by atoms with Crippen LogP contribution in [0.3, 0.4) is 0 Å². The van der Waals surface area contributed by atoms with E-state index in [2.05, 4.69) is 20.4 Å². The lowest BCUT2D eigenvalue weighted by molar-refractivity contribution is 0.192. The fraction of sp³-hybridized carbons (Fsp3) is 0.143. The summed E-state index contributed by atoms with van der Waals surface area (Å²) in [7, 11) is 1.83. The van der Waals surface area contributed by atoms with Gasteiger partial charge in [-0.25, -0.2) is 4.39 Å². The SMILES string of the molecule is Cn1cc(-c2cn(-c3ccc(OCF)cc3)c(=O)cc2NCc2cnccn2)cn1. The predicted molar refractivity (Wildman–Crippen MR) is 110 cm³/mol. The van der Waals surface area contributed by atoms with E-state index in [1.807, 2.05) is 13.2 Å². The Hall–Kier alpha value is -4.01. The molecule has 0 atom stereocenters. The van der Waals surface area contributed by atoms with Gasteiger partial charge in [0.1, 0.15) is 5.75 Å². The lowest BCUT2D eigenvalue weighted by Gasteiger charge is -2.14. The number of ether oxygens (including phenoxy) is 1. The van der Waals surface area contributed by atoms with Crippen molar-refractivity contribution in [1.29, 1.82) is 0 Å². The van der Waals surface area contributed by atoms with Gasteiger partial charge < -0.3 is 10.1 Å². The summed E-state index contributed by atoms with van der Waals surface area (Å²) in [4.78, 5) is 21.1. The summed E-state index contributed by atoms with van der Waals surface area (Å²) in [5, 5.41) is 7.50. The zero-order valence-electron chi connectivity index (χ0n) is 16.2. The highest BCUT2D eigenvalue weighted by Crippen LogP contribution is 2.27. The Kier molecular flexibility index (Phi) is 5.51. The molecule has 1 N–H and O–H groups in total. The Balaban J connectivity index is 1.73. The van der Waals surface area contributed by atoms with Gasteiger partial charge in [-0.3, -0.25) is 24.0 Å². The number of nitrogens with zero attached hydrogens (tertiary/aromatic N) is 5. The zero-order chi connectivity index (χ0) is 20.9. The van der Waals surface area contributed by atoms with E-state index < -0.39 is 6.86 Å². The number of benzene rings is 1. The number of halogens is 1. The summed E-state index contributed by atoms with van der Waals surface area (Å²) < 4.78 is 20.4. The summed E-state index contributed by atoms with van der Waals surface area (Å²) in [6.07, 6.45) is 10.2. The minimum atomic E-state index is -0.906. The van der Waals surface area contributed by atoms with Crippen molar-refractivity contribution >= 4 is 5.69 Å². The summed E-state index contributed by atoms with van der Waals surface area (Å²) in [5.41, 5.74) is 3.48. The van der Waals surface area contributed by atoms with Gasteiger partial charge in [0.05, 0.1) is 24.6 Å². The van der Waals surface area contributed by atoms with Crippen LogP contribution in [0.4, 0.5) is 10.1 Å². The number of hydrogen-bond acceptors (Lipinski definition) is 6. The number of hydrogen-bond donors (Lipinski definition) is 1. The molecule has 0 spiro atoms. The molecule has 4 aromatic rings. The molecule has 0 saturated carbocycles. The van der Waals surface area contributed by atoms with Crippen LogP contribution in [0, 0.1) is 0 Å². The van der Waals surface area contributed by atoms with Gasteiger partial charge in [-0.2, -0.15) is 5.10 Å². The number of alkyl halides is 1. The molecule has 0 unspecified atom stereocenters. The summed E-state index contributed by atoms with van der Waals surface area (Å²) in [5.74, 6) is 0.393. The van der Waals surface area contributed by atoms with Crippen molar-refractivity contribution < 1.29 is 9.13 Å². The predicted octanol–water partition coefficient (Wildman–Crippen LogP) is 2.95. The Morgan fingerprint density at radius 3 is 2.63 bits per heavy atom. The third kappa shape index (κ3) is 4.19. The fourth-order valence-electron chi connectivity index (χ4n) is 3.04. The van der Waals surface area contributed by atoms with Gasteiger partial charge in [0, 0.05) is 60.4 Å².